The van der Waals surface area contributed by atoms with E-state index in [9.17, 15) is 17.9 Å². The summed E-state index contributed by atoms with van der Waals surface area (Å²) in [6.45, 7) is 3.78. The highest BCUT2D eigenvalue weighted by atomic mass is 32.2. The number of aliphatic hydroxyl groups is 1. The zero-order chi connectivity index (χ0) is 24.1. The maximum atomic E-state index is 14.3. The number of nitrogens with two attached hydrogens (primary N) is 1. The summed E-state index contributed by atoms with van der Waals surface area (Å²) in [6.07, 6.45) is 2.16. The van der Waals surface area contributed by atoms with Crippen molar-refractivity contribution in [1.82, 2.24) is 4.72 Å². The van der Waals surface area contributed by atoms with Crippen molar-refractivity contribution in [3.8, 4) is 0 Å². The second kappa shape index (κ2) is 10.6. The predicted octanol–water partition coefficient (Wildman–Crippen LogP) is 2.84. The fraction of sp³-hybridized carbons (Fsp3) is 0.458. The topological polar surface area (TPSA) is 114 Å². The monoisotopic (exact) mass is 477 g/mol. The standard InChI is InChI=1S/C24H32FN3O4S/c1-24(2)22(16-18-11-9-17(10-12-18)6-5-14-26)33(30,31)28-23(32-24)27-21(13-15-29)19-7-3-4-8-20(19)25/h3-4,7-12,21-22,29H,5-6,13-16,26H2,1-2H3,(H,27,28)/t21-,22?/m0/s1. The van der Waals surface area contributed by atoms with E-state index in [1.807, 2.05) is 24.3 Å². The van der Waals surface area contributed by atoms with Gasteiger partial charge in [-0.1, -0.05) is 42.5 Å². The molecular formula is C24H32FN3O4S. The van der Waals surface area contributed by atoms with E-state index in [4.69, 9.17) is 10.5 Å². The lowest BCUT2D eigenvalue weighted by molar-refractivity contribution is 0.0759. The van der Waals surface area contributed by atoms with E-state index in [1.54, 1.807) is 32.0 Å². The summed E-state index contributed by atoms with van der Waals surface area (Å²) in [5.74, 6) is -0.481. The number of aliphatic imine (C=N–C) groups is 1. The third-order valence-electron chi connectivity index (χ3n) is 5.79. The van der Waals surface area contributed by atoms with Gasteiger partial charge in [0.25, 0.3) is 6.02 Å². The van der Waals surface area contributed by atoms with E-state index in [0.29, 0.717) is 6.54 Å². The second-order valence-electron chi connectivity index (χ2n) is 8.74. The predicted molar refractivity (Wildman–Crippen MR) is 127 cm³/mol. The molecule has 2 aromatic carbocycles. The van der Waals surface area contributed by atoms with Crippen LogP contribution >= 0.6 is 0 Å². The summed E-state index contributed by atoms with van der Waals surface area (Å²) in [6, 6.07) is 12.9. The van der Waals surface area contributed by atoms with E-state index >= 15 is 0 Å². The molecule has 1 aliphatic heterocycles. The maximum absolute atomic E-state index is 14.3. The molecule has 33 heavy (non-hydrogen) atoms. The number of benzene rings is 2. The van der Waals surface area contributed by atoms with Crippen LogP contribution < -0.4 is 10.5 Å². The quantitative estimate of drug-likeness (QED) is 0.514. The van der Waals surface area contributed by atoms with E-state index in [2.05, 4.69) is 9.71 Å². The molecule has 3 rings (SSSR count). The Bertz CT molecular complexity index is 1070. The summed E-state index contributed by atoms with van der Waals surface area (Å²) in [4.78, 5) is 4.32. The molecule has 7 nitrogen and oxygen atoms in total. The number of nitrogens with one attached hydrogen (secondary N) is 1. The molecule has 1 heterocycles. The molecule has 0 radical (unpaired) electrons. The molecule has 0 amide bonds. The van der Waals surface area contributed by atoms with Crippen molar-refractivity contribution in [3.05, 3.63) is 71.0 Å². The molecule has 1 fully saturated rings. The van der Waals surface area contributed by atoms with Crippen LogP contribution in [0.3, 0.4) is 0 Å². The summed E-state index contributed by atoms with van der Waals surface area (Å²) in [7, 11) is -3.83. The van der Waals surface area contributed by atoms with Crippen LogP contribution in [0.1, 0.15) is 49.4 Å². The van der Waals surface area contributed by atoms with Gasteiger partial charge in [0.2, 0.25) is 10.0 Å². The van der Waals surface area contributed by atoms with E-state index in [0.717, 1.165) is 24.0 Å². The smallest absolute Gasteiger partial charge is 0.299 e. The van der Waals surface area contributed by atoms with Gasteiger partial charge in [-0.25, -0.2) is 22.5 Å². The zero-order valence-electron chi connectivity index (χ0n) is 19.0. The fourth-order valence-corrected chi connectivity index (χ4v) is 5.66. The minimum atomic E-state index is -3.83. The Hall–Kier alpha value is -2.49. The Balaban J connectivity index is 1.82. The number of ether oxygens (including phenoxy) is 1. The highest BCUT2D eigenvalue weighted by molar-refractivity contribution is 7.90. The molecule has 0 spiro atoms. The number of hydrogen-bond donors (Lipinski definition) is 3. The molecule has 180 valence electrons. The van der Waals surface area contributed by atoms with E-state index < -0.39 is 32.7 Å². The highest BCUT2D eigenvalue weighted by Crippen LogP contribution is 2.31. The molecule has 1 aliphatic rings. The highest BCUT2D eigenvalue weighted by Gasteiger charge is 2.47. The molecule has 1 unspecified atom stereocenters. The van der Waals surface area contributed by atoms with Crippen molar-refractivity contribution in [2.45, 2.75) is 56.4 Å². The average Bonchev–Trinajstić information content (AvgIpc) is 2.75. The summed E-state index contributed by atoms with van der Waals surface area (Å²) in [5, 5.41) is 8.56. The van der Waals surface area contributed by atoms with Crippen LogP contribution in [0.5, 0.6) is 0 Å². The Kier molecular flexibility index (Phi) is 8.10. The first-order valence-electron chi connectivity index (χ1n) is 11.1. The molecule has 9 heteroatoms. The van der Waals surface area contributed by atoms with Gasteiger partial charge in [0.15, 0.2) is 0 Å². The minimum Gasteiger partial charge on any atom is -0.457 e. The molecular weight excluding hydrogens is 445 g/mol. The molecule has 1 saturated heterocycles. The number of amidine groups is 1. The normalized spacial score (nSPS) is 21.2. The largest absolute Gasteiger partial charge is 0.457 e. The summed E-state index contributed by atoms with van der Waals surface area (Å²) >= 11 is 0. The third kappa shape index (κ3) is 6.31. The number of aliphatic hydroxyl groups excluding tert-OH is 1. The van der Waals surface area contributed by atoms with Gasteiger partial charge >= 0.3 is 0 Å². The first-order chi connectivity index (χ1) is 15.7. The van der Waals surface area contributed by atoms with Crippen LogP contribution in [0.4, 0.5) is 4.39 Å². The van der Waals surface area contributed by atoms with E-state index in [1.165, 1.54) is 6.07 Å². The van der Waals surface area contributed by atoms with Gasteiger partial charge in [-0.15, -0.1) is 0 Å². The fourth-order valence-electron chi connectivity index (χ4n) is 3.97. The summed E-state index contributed by atoms with van der Waals surface area (Å²) < 4.78 is 49.0. The van der Waals surface area contributed by atoms with E-state index in [-0.39, 0.29) is 31.0 Å². The van der Waals surface area contributed by atoms with Crippen molar-refractivity contribution in [2.75, 3.05) is 13.2 Å². The van der Waals surface area contributed by atoms with Crippen LogP contribution in [-0.2, 0) is 27.6 Å². The van der Waals surface area contributed by atoms with Crippen LogP contribution in [0.2, 0.25) is 0 Å². The lowest BCUT2D eigenvalue weighted by Gasteiger charge is -2.39. The molecule has 0 aliphatic carbocycles. The number of rotatable bonds is 9. The lowest BCUT2D eigenvalue weighted by atomic mass is 9.96. The molecule has 2 atom stereocenters. The van der Waals surface area contributed by atoms with Crippen LogP contribution in [-0.4, -0.2) is 43.5 Å². The van der Waals surface area contributed by atoms with Crippen molar-refractivity contribution in [2.24, 2.45) is 10.7 Å². The van der Waals surface area contributed by atoms with Gasteiger partial charge in [-0.2, -0.15) is 0 Å². The Morgan fingerprint density at radius 1 is 1.18 bits per heavy atom. The van der Waals surface area contributed by atoms with Gasteiger partial charge in [0.05, 0.1) is 6.04 Å². The molecule has 0 saturated carbocycles. The number of aryl methyl sites for hydroxylation is 1. The van der Waals surface area contributed by atoms with Crippen molar-refractivity contribution >= 4 is 16.0 Å². The third-order valence-corrected chi connectivity index (χ3v) is 7.74. The SMILES string of the molecule is CC1(C)OC(=N[C@@H](CCO)c2ccccc2F)NS(=O)(=O)C1Cc1ccc(CCCN)cc1. The van der Waals surface area contributed by atoms with Gasteiger partial charge in [0.1, 0.15) is 16.7 Å². The van der Waals surface area contributed by atoms with Gasteiger partial charge in [0, 0.05) is 12.2 Å². The Morgan fingerprint density at radius 3 is 2.45 bits per heavy atom. The zero-order valence-corrected chi connectivity index (χ0v) is 19.8. The second-order valence-corrected chi connectivity index (χ2v) is 10.6. The van der Waals surface area contributed by atoms with Gasteiger partial charge in [-0.3, -0.25) is 0 Å². The van der Waals surface area contributed by atoms with Crippen molar-refractivity contribution < 1.29 is 22.7 Å². The number of hydrogen-bond acceptors (Lipinski definition) is 6. The van der Waals surface area contributed by atoms with Crippen LogP contribution in [0, 0.1) is 5.82 Å². The van der Waals surface area contributed by atoms with Gasteiger partial charge < -0.3 is 15.6 Å². The van der Waals surface area contributed by atoms with Gasteiger partial charge in [-0.05, 0) is 63.3 Å². The average molecular weight is 478 g/mol. The number of nitrogens with zero attached hydrogens (tertiary/aromatic N) is 1. The molecule has 0 bridgehead atoms. The Labute approximate surface area is 194 Å². The molecule has 2 aromatic rings. The molecule has 4 N–H and O–H groups in total. The maximum Gasteiger partial charge on any atom is 0.299 e. The number of sulfonamides is 1. The lowest BCUT2D eigenvalue weighted by Crippen LogP contribution is -2.59. The Morgan fingerprint density at radius 2 is 1.85 bits per heavy atom. The molecule has 0 aromatic heterocycles. The minimum absolute atomic E-state index is 0.121. The first-order valence-corrected chi connectivity index (χ1v) is 12.6. The van der Waals surface area contributed by atoms with Crippen molar-refractivity contribution in [3.63, 3.8) is 0 Å². The van der Waals surface area contributed by atoms with Crippen LogP contribution in [0.15, 0.2) is 53.5 Å². The first kappa shape index (κ1) is 25.1. The number of halogens is 1. The summed E-state index contributed by atoms with van der Waals surface area (Å²) in [5.41, 5.74) is 6.77. The van der Waals surface area contributed by atoms with Crippen molar-refractivity contribution in [1.29, 1.82) is 0 Å². The van der Waals surface area contributed by atoms with Crippen LogP contribution in [0.25, 0.3) is 0 Å².